The van der Waals surface area contributed by atoms with E-state index < -0.39 is 0 Å². The molecule has 0 atom stereocenters. The molecule has 1 aliphatic rings. The standard InChI is InChI=1S/C15H17NO/c1-16(2)14(15-10-6-7-11-17-15)12-13-8-4-3-5-9-13/h3-5,7-12H,6H2,1-2H3. The van der Waals surface area contributed by atoms with E-state index in [0.717, 1.165) is 17.9 Å². The Balaban J connectivity index is 2.29. The van der Waals surface area contributed by atoms with Crippen LogP contribution in [-0.4, -0.2) is 19.0 Å². The maximum absolute atomic E-state index is 5.54. The summed E-state index contributed by atoms with van der Waals surface area (Å²) in [4.78, 5) is 2.07. The maximum atomic E-state index is 5.54. The molecule has 2 heteroatoms. The van der Waals surface area contributed by atoms with Crippen molar-refractivity contribution in [2.24, 2.45) is 0 Å². The van der Waals surface area contributed by atoms with Crippen LogP contribution >= 0.6 is 0 Å². The number of allylic oxidation sites excluding steroid dienone is 2. The van der Waals surface area contributed by atoms with Crippen molar-refractivity contribution in [3.05, 3.63) is 65.8 Å². The number of rotatable bonds is 3. The van der Waals surface area contributed by atoms with Crippen molar-refractivity contribution in [2.45, 2.75) is 6.42 Å². The molecule has 2 nitrogen and oxygen atoms in total. The molecule has 0 saturated heterocycles. The molecule has 0 saturated carbocycles. The van der Waals surface area contributed by atoms with Gasteiger partial charge in [0.15, 0.2) is 0 Å². The first-order chi connectivity index (χ1) is 8.27. The molecule has 0 aromatic heterocycles. The van der Waals surface area contributed by atoms with Gasteiger partial charge in [-0.1, -0.05) is 30.3 Å². The molecule has 2 rings (SSSR count). The molecule has 1 aromatic carbocycles. The molecule has 0 N–H and O–H groups in total. The lowest BCUT2D eigenvalue weighted by Gasteiger charge is -2.20. The highest BCUT2D eigenvalue weighted by molar-refractivity contribution is 5.56. The lowest BCUT2D eigenvalue weighted by atomic mass is 10.1. The summed E-state index contributed by atoms with van der Waals surface area (Å²) in [6.07, 6.45) is 8.89. The first-order valence-electron chi connectivity index (χ1n) is 5.73. The Bertz CT molecular complexity index is 455. The summed E-state index contributed by atoms with van der Waals surface area (Å²) in [5.74, 6) is 0.918. The molecule has 0 amide bonds. The van der Waals surface area contributed by atoms with Gasteiger partial charge in [-0.15, -0.1) is 0 Å². The highest BCUT2D eigenvalue weighted by Gasteiger charge is 2.09. The lowest BCUT2D eigenvalue weighted by Crippen LogP contribution is -2.14. The fraction of sp³-hybridized carbons (Fsp3) is 0.200. The zero-order valence-electron chi connectivity index (χ0n) is 10.3. The Kier molecular flexibility index (Phi) is 3.66. The van der Waals surface area contributed by atoms with Crippen LogP contribution in [0.3, 0.4) is 0 Å². The van der Waals surface area contributed by atoms with E-state index in [1.807, 2.05) is 38.4 Å². The third kappa shape index (κ3) is 3.00. The predicted molar refractivity (Wildman–Crippen MR) is 71.0 cm³/mol. The van der Waals surface area contributed by atoms with E-state index in [0.29, 0.717) is 0 Å². The second kappa shape index (κ2) is 5.39. The van der Waals surface area contributed by atoms with Gasteiger partial charge in [-0.3, -0.25) is 0 Å². The van der Waals surface area contributed by atoms with E-state index in [2.05, 4.69) is 29.2 Å². The first kappa shape index (κ1) is 11.5. The molecule has 0 radical (unpaired) electrons. The molecule has 88 valence electrons. The number of hydrogen-bond acceptors (Lipinski definition) is 2. The smallest absolute Gasteiger partial charge is 0.146 e. The minimum atomic E-state index is 0.918. The van der Waals surface area contributed by atoms with Gasteiger partial charge in [0.25, 0.3) is 0 Å². The van der Waals surface area contributed by atoms with Crippen LogP contribution in [0.15, 0.2) is 60.2 Å². The number of likely N-dealkylation sites (N-methyl/N-ethyl adjacent to an activating group) is 1. The minimum Gasteiger partial charge on any atom is -0.463 e. The van der Waals surface area contributed by atoms with Crippen LogP contribution in [-0.2, 0) is 4.74 Å². The molecule has 0 unspecified atom stereocenters. The largest absolute Gasteiger partial charge is 0.463 e. The zero-order chi connectivity index (χ0) is 12.1. The third-order valence-corrected chi connectivity index (χ3v) is 2.57. The fourth-order valence-electron chi connectivity index (χ4n) is 1.69. The first-order valence-corrected chi connectivity index (χ1v) is 5.73. The predicted octanol–water partition coefficient (Wildman–Crippen LogP) is 3.41. The van der Waals surface area contributed by atoms with E-state index in [4.69, 9.17) is 4.74 Å². The Hall–Kier alpha value is -1.96. The van der Waals surface area contributed by atoms with Crippen LogP contribution < -0.4 is 0 Å². The van der Waals surface area contributed by atoms with E-state index >= 15 is 0 Å². The minimum absolute atomic E-state index is 0.918. The van der Waals surface area contributed by atoms with Crippen molar-refractivity contribution in [2.75, 3.05) is 14.1 Å². The number of nitrogens with zero attached hydrogens (tertiary/aromatic N) is 1. The van der Waals surface area contributed by atoms with Gasteiger partial charge >= 0.3 is 0 Å². The van der Waals surface area contributed by atoms with E-state index in [-0.39, 0.29) is 0 Å². The quantitative estimate of drug-likeness (QED) is 0.784. The van der Waals surface area contributed by atoms with E-state index in [9.17, 15) is 0 Å². The summed E-state index contributed by atoms with van der Waals surface area (Å²) in [5, 5.41) is 0. The summed E-state index contributed by atoms with van der Waals surface area (Å²) >= 11 is 0. The van der Waals surface area contributed by atoms with Gasteiger partial charge in [0, 0.05) is 14.1 Å². The molecule has 0 spiro atoms. The zero-order valence-corrected chi connectivity index (χ0v) is 10.3. The second-order valence-corrected chi connectivity index (χ2v) is 4.13. The van der Waals surface area contributed by atoms with Crippen molar-refractivity contribution < 1.29 is 4.74 Å². The van der Waals surface area contributed by atoms with Crippen molar-refractivity contribution in [1.82, 2.24) is 4.90 Å². The average molecular weight is 227 g/mol. The van der Waals surface area contributed by atoms with Crippen molar-refractivity contribution in [3.63, 3.8) is 0 Å². The number of benzene rings is 1. The van der Waals surface area contributed by atoms with Crippen LogP contribution in [0.1, 0.15) is 12.0 Å². The highest BCUT2D eigenvalue weighted by Crippen LogP contribution is 2.21. The summed E-state index contributed by atoms with van der Waals surface area (Å²) in [6.45, 7) is 0. The van der Waals surface area contributed by atoms with Gasteiger partial charge in [-0.25, -0.2) is 0 Å². The molecule has 0 fully saturated rings. The molecular weight excluding hydrogens is 210 g/mol. The van der Waals surface area contributed by atoms with E-state index in [1.54, 1.807) is 6.26 Å². The van der Waals surface area contributed by atoms with Gasteiger partial charge in [-0.05, 0) is 30.2 Å². The summed E-state index contributed by atoms with van der Waals surface area (Å²) in [6, 6.07) is 10.3. The molecule has 1 heterocycles. The topological polar surface area (TPSA) is 12.5 Å². The van der Waals surface area contributed by atoms with Crippen molar-refractivity contribution >= 4 is 6.08 Å². The average Bonchev–Trinajstić information content (AvgIpc) is 2.38. The van der Waals surface area contributed by atoms with Gasteiger partial charge in [0.2, 0.25) is 0 Å². The number of ether oxygens (including phenoxy) is 1. The monoisotopic (exact) mass is 227 g/mol. The summed E-state index contributed by atoms with van der Waals surface area (Å²) in [5.41, 5.74) is 2.26. The summed E-state index contributed by atoms with van der Waals surface area (Å²) < 4.78 is 5.54. The van der Waals surface area contributed by atoms with Gasteiger partial charge in [0.05, 0.1) is 12.0 Å². The molecule has 1 aliphatic heterocycles. The maximum Gasteiger partial charge on any atom is 0.146 e. The van der Waals surface area contributed by atoms with Crippen LogP contribution in [0, 0.1) is 0 Å². The molecule has 0 aliphatic carbocycles. The van der Waals surface area contributed by atoms with Gasteiger partial charge in [-0.2, -0.15) is 0 Å². The Morgan fingerprint density at radius 1 is 1.24 bits per heavy atom. The molecule has 0 bridgehead atoms. The van der Waals surface area contributed by atoms with Gasteiger partial charge in [0.1, 0.15) is 5.76 Å². The van der Waals surface area contributed by atoms with Crippen LogP contribution in [0.25, 0.3) is 6.08 Å². The van der Waals surface area contributed by atoms with Crippen LogP contribution in [0.4, 0.5) is 0 Å². The fourth-order valence-corrected chi connectivity index (χ4v) is 1.69. The Morgan fingerprint density at radius 2 is 2.00 bits per heavy atom. The van der Waals surface area contributed by atoms with E-state index in [1.165, 1.54) is 5.56 Å². The summed E-state index contributed by atoms with van der Waals surface area (Å²) in [7, 11) is 4.05. The Labute approximate surface area is 103 Å². The van der Waals surface area contributed by atoms with Gasteiger partial charge < -0.3 is 9.64 Å². The molecule has 17 heavy (non-hydrogen) atoms. The van der Waals surface area contributed by atoms with Crippen LogP contribution in [0.5, 0.6) is 0 Å². The SMILES string of the molecule is CN(C)C(=Cc1ccccc1)C1=CCC=CO1. The second-order valence-electron chi connectivity index (χ2n) is 4.13. The molecule has 1 aromatic rings. The van der Waals surface area contributed by atoms with Crippen LogP contribution in [0.2, 0.25) is 0 Å². The number of hydrogen-bond donors (Lipinski definition) is 0. The van der Waals surface area contributed by atoms with Crippen molar-refractivity contribution in [3.8, 4) is 0 Å². The normalized spacial score (nSPS) is 15.2. The lowest BCUT2D eigenvalue weighted by molar-refractivity contribution is 0.324. The highest BCUT2D eigenvalue weighted by atomic mass is 16.5. The third-order valence-electron chi connectivity index (χ3n) is 2.57. The van der Waals surface area contributed by atoms with Crippen molar-refractivity contribution in [1.29, 1.82) is 0 Å². The Morgan fingerprint density at radius 3 is 2.59 bits per heavy atom. The molecular formula is C15H17NO.